The van der Waals surface area contributed by atoms with Crippen LogP contribution in [0.4, 0.5) is 19.3 Å². The zero-order valence-corrected chi connectivity index (χ0v) is 14.5. The van der Waals surface area contributed by atoms with Gasteiger partial charge in [0, 0.05) is 30.4 Å². The van der Waals surface area contributed by atoms with E-state index in [1.54, 1.807) is 18.2 Å². The Morgan fingerprint density at radius 1 is 1.27 bits per heavy atom. The highest BCUT2D eigenvalue weighted by molar-refractivity contribution is 7.18. The van der Waals surface area contributed by atoms with Crippen molar-refractivity contribution in [3.05, 3.63) is 41.0 Å². The third kappa shape index (κ3) is 4.36. The number of primary amides is 1. The number of halogens is 2. The molecule has 3 amide bonds. The van der Waals surface area contributed by atoms with Crippen LogP contribution in [-0.4, -0.2) is 37.2 Å². The molecule has 0 unspecified atom stereocenters. The van der Waals surface area contributed by atoms with E-state index < -0.39 is 23.9 Å². The van der Waals surface area contributed by atoms with Crippen molar-refractivity contribution in [2.24, 2.45) is 5.73 Å². The molecule has 3 rings (SSSR count). The highest BCUT2D eigenvalue weighted by Crippen LogP contribution is 2.35. The Bertz CT molecular complexity index is 827. The molecule has 1 aromatic carbocycles. The van der Waals surface area contributed by atoms with Crippen LogP contribution in [0.25, 0.3) is 10.4 Å². The fourth-order valence-electron chi connectivity index (χ4n) is 2.82. The maximum absolute atomic E-state index is 13.5. The summed E-state index contributed by atoms with van der Waals surface area (Å²) in [5.41, 5.74) is 5.98. The molecule has 2 heterocycles. The Morgan fingerprint density at radius 3 is 2.77 bits per heavy atom. The normalized spacial score (nSPS) is 19.8. The number of piperidine rings is 1. The van der Waals surface area contributed by atoms with E-state index in [-0.39, 0.29) is 29.6 Å². The van der Waals surface area contributed by atoms with Gasteiger partial charge in [0.25, 0.3) is 5.91 Å². The zero-order valence-electron chi connectivity index (χ0n) is 13.7. The highest BCUT2D eigenvalue weighted by Gasteiger charge is 2.25. The van der Waals surface area contributed by atoms with Gasteiger partial charge < -0.3 is 21.7 Å². The average Bonchev–Trinajstić information content (AvgIpc) is 2.98. The lowest BCUT2D eigenvalue weighted by atomic mass is 10.1. The van der Waals surface area contributed by atoms with Crippen LogP contribution in [0.3, 0.4) is 0 Å². The number of hydrogen-bond donors (Lipinski definition) is 4. The number of anilines is 1. The number of benzene rings is 1. The first kappa shape index (κ1) is 18.3. The molecule has 2 aromatic rings. The molecule has 0 radical (unpaired) electrons. The Balaban J connectivity index is 1.86. The van der Waals surface area contributed by atoms with Crippen LogP contribution >= 0.6 is 11.3 Å². The molecule has 1 aliphatic heterocycles. The molecule has 2 atom stereocenters. The molecule has 0 spiro atoms. The first-order valence-electron chi connectivity index (χ1n) is 8.04. The number of thiophene rings is 1. The standard InChI is InChI=1S/C17H18F2N4O2S/c18-10-3-1-2-9(4-10)14-6-13(23-17(20)25)15(26-14)16(24)22-12-5-11(19)7-21-8-12/h1-4,6,11-12,21H,5,7-8H2,(H,22,24)(H3,20,23,25)/t11-,12+/m0/s1. The molecule has 1 aromatic heterocycles. The van der Waals surface area contributed by atoms with Crippen molar-refractivity contribution in [1.82, 2.24) is 10.6 Å². The van der Waals surface area contributed by atoms with Crippen LogP contribution in [0.15, 0.2) is 30.3 Å². The van der Waals surface area contributed by atoms with E-state index in [4.69, 9.17) is 5.73 Å². The predicted molar refractivity (Wildman–Crippen MR) is 96.6 cm³/mol. The maximum atomic E-state index is 13.5. The number of urea groups is 1. The Kier molecular flexibility index (Phi) is 5.48. The monoisotopic (exact) mass is 380 g/mol. The van der Waals surface area contributed by atoms with Crippen LogP contribution in [-0.2, 0) is 0 Å². The van der Waals surface area contributed by atoms with E-state index in [1.807, 2.05) is 0 Å². The summed E-state index contributed by atoms with van der Waals surface area (Å²) in [5.74, 6) is -0.851. The van der Waals surface area contributed by atoms with Gasteiger partial charge >= 0.3 is 6.03 Å². The van der Waals surface area contributed by atoms with Crippen LogP contribution < -0.4 is 21.7 Å². The fourth-order valence-corrected chi connectivity index (χ4v) is 3.83. The molecule has 0 bridgehead atoms. The van der Waals surface area contributed by atoms with Gasteiger partial charge in [0.1, 0.15) is 16.9 Å². The summed E-state index contributed by atoms with van der Waals surface area (Å²) >= 11 is 1.10. The highest BCUT2D eigenvalue weighted by atomic mass is 32.1. The molecule has 5 N–H and O–H groups in total. The topological polar surface area (TPSA) is 96.2 Å². The summed E-state index contributed by atoms with van der Waals surface area (Å²) in [4.78, 5) is 24.7. The summed E-state index contributed by atoms with van der Waals surface area (Å²) in [6.07, 6.45) is -0.803. The van der Waals surface area contributed by atoms with Gasteiger partial charge in [-0.1, -0.05) is 12.1 Å². The van der Waals surface area contributed by atoms with Crippen molar-refractivity contribution in [3.63, 3.8) is 0 Å². The minimum atomic E-state index is -1.02. The largest absolute Gasteiger partial charge is 0.351 e. The molecule has 26 heavy (non-hydrogen) atoms. The van der Waals surface area contributed by atoms with Crippen molar-refractivity contribution in [2.45, 2.75) is 18.6 Å². The average molecular weight is 380 g/mol. The van der Waals surface area contributed by atoms with Gasteiger partial charge in [0.15, 0.2) is 0 Å². The second kappa shape index (κ2) is 7.79. The molecular weight excluding hydrogens is 362 g/mol. The number of carbonyl (C=O) groups excluding carboxylic acids is 2. The number of nitrogens with two attached hydrogens (primary N) is 1. The van der Waals surface area contributed by atoms with Gasteiger partial charge in [-0.15, -0.1) is 11.3 Å². The summed E-state index contributed by atoms with van der Waals surface area (Å²) in [7, 11) is 0. The maximum Gasteiger partial charge on any atom is 0.316 e. The Labute approximate surface area is 152 Å². The van der Waals surface area contributed by atoms with E-state index in [1.165, 1.54) is 12.1 Å². The molecule has 0 saturated carbocycles. The van der Waals surface area contributed by atoms with Crippen molar-refractivity contribution in [2.75, 3.05) is 18.4 Å². The summed E-state index contributed by atoms with van der Waals surface area (Å²) in [5, 5.41) is 8.08. The van der Waals surface area contributed by atoms with E-state index in [2.05, 4.69) is 16.0 Å². The lowest BCUT2D eigenvalue weighted by Crippen LogP contribution is -2.49. The molecule has 1 saturated heterocycles. The molecular formula is C17H18F2N4O2S. The number of nitrogens with one attached hydrogen (secondary N) is 3. The SMILES string of the molecule is NC(=O)Nc1cc(-c2cccc(F)c2)sc1C(=O)N[C@H]1CNC[C@@H](F)C1. The van der Waals surface area contributed by atoms with Gasteiger partial charge in [-0.3, -0.25) is 4.79 Å². The minimum Gasteiger partial charge on any atom is -0.351 e. The summed E-state index contributed by atoms with van der Waals surface area (Å²) in [6, 6.07) is 6.30. The molecule has 6 nitrogen and oxygen atoms in total. The number of alkyl halides is 1. The van der Waals surface area contributed by atoms with Crippen LogP contribution in [0.2, 0.25) is 0 Å². The second-order valence-corrected chi connectivity index (χ2v) is 7.07. The Morgan fingerprint density at radius 2 is 2.08 bits per heavy atom. The number of amides is 3. The predicted octanol–water partition coefficient (Wildman–Crippen LogP) is 2.47. The lowest BCUT2D eigenvalue weighted by Gasteiger charge is -2.26. The smallest absolute Gasteiger partial charge is 0.316 e. The van der Waals surface area contributed by atoms with Crippen LogP contribution in [0.5, 0.6) is 0 Å². The second-order valence-electron chi connectivity index (χ2n) is 6.01. The van der Waals surface area contributed by atoms with Gasteiger partial charge in [-0.2, -0.15) is 0 Å². The van der Waals surface area contributed by atoms with Crippen molar-refractivity contribution >= 4 is 29.0 Å². The third-order valence-corrected chi connectivity index (χ3v) is 5.12. The number of carbonyl (C=O) groups is 2. The van der Waals surface area contributed by atoms with E-state index in [9.17, 15) is 18.4 Å². The lowest BCUT2D eigenvalue weighted by molar-refractivity contribution is 0.0923. The molecule has 0 aliphatic carbocycles. The van der Waals surface area contributed by atoms with Gasteiger partial charge in [-0.25, -0.2) is 13.6 Å². The first-order valence-corrected chi connectivity index (χ1v) is 8.86. The van der Waals surface area contributed by atoms with E-state index in [0.717, 1.165) is 11.3 Å². The van der Waals surface area contributed by atoms with Crippen LogP contribution in [0, 0.1) is 5.82 Å². The molecule has 1 aliphatic rings. The van der Waals surface area contributed by atoms with Crippen molar-refractivity contribution < 1.29 is 18.4 Å². The first-order chi connectivity index (χ1) is 12.4. The van der Waals surface area contributed by atoms with Gasteiger partial charge in [0.05, 0.1) is 5.69 Å². The Hall–Kier alpha value is -2.52. The third-order valence-electron chi connectivity index (χ3n) is 3.94. The van der Waals surface area contributed by atoms with Crippen LogP contribution in [0.1, 0.15) is 16.1 Å². The van der Waals surface area contributed by atoms with Gasteiger partial charge in [0.2, 0.25) is 0 Å². The minimum absolute atomic E-state index is 0.222. The fraction of sp³-hybridized carbons (Fsp3) is 0.294. The van der Waals surface area contributed by atoms with Gasteiger partial charge in [-0.05, 0) is 23.8 Å². The quantitative estimate of drug-likeness (QED) is 0.656. The van der Waals surface area contributed by atoms with Crippen molar-refractivity contribution in [3.8, 4) is 10.4 Å². The molecule has 1 fully saturated rings. The number of hydrogen-bond acceptors (Lipinski definition) is 4. The summed E-state index contributed by atoms with van der Waals surface area (Å²) < 4.78 is 26.9. The molecule has 9 heteroatoms. The number of rotatable bonds is 4. The van der Waals surface area contributed by atoms with Crippen molar-refractivity contribution in [1.29, 1.82) is 0 Å². The summed E-state index contributed by atoms with van der Waals surface area (Å²) in [6.45, 7) is 0.733. The van der Waals surface area contributed by atoms with E-state index >= 15 is 0 Å². The van der Waals surface area contributed by atoms with E-state index in [0.29, 0.717) is 17.0 Å². The zero-order chi connectivity index (χ0) is 18.7. The molecule has 138 valence electrons.